The number of likely N-dealkylation sites (N-methyl/N-ethyl adjacent to an activating group) is 1. The van der Waals surface area contributed by atoms with Crippen molar-refractivity contribution in [1.82, 2.24) is 19.7 Å². The van der Waals surface area contributed by atoms with Gasteiger partial charge in [0.1, 0.15) is 18.2 Å². The molecule has 2 aromatic carbocycles. The summed E-state index contributed by atoms with van der Waals surface area (Å²) in [6, 6.07) is 11.5. The summed E-state index contributed by atoms with van der Waals surface area (Å²) < 4.78 is 15.2. The Morgan fingerprint density at radius 1 is 1.28 bits per heavy atom. The molecule has 150 valence electrons. The van der Waals surface area contributed by atoms with Crippen molar-refractivity contribution in [2.45, 2.75) is 11.2 Å². The van der Waals surface area contributed by atoms with E-state index in [2.05, 4.69) is 10.2 Å². The molecule has 0 fully saturated rings. The first-order valence-corrected chi connectivity index (χ1v) is 9.82. The Hall–Kier alpha value is -2.91. The summed E-state index contributed by atoms with van der Waals surface area (Å²) in [4.78, 5) is 25.8. The fourth-order valence-corrected chi connectivity index (χ4v) is 3.79. The maximum Gasteiger partial charge on any atom is 0.244 e. The van der Waals surface area contributed by atoms with Crippen molar-refractivity contribution in [2.75, 3.05) is 12.8 Å². The minimum absolute atomic E-state index is 0.0190. The van der Waals surface area contributed by atoms with Gasteiger partial charge >= 0.3 is 0 Å². The van der Waals surface area contributed by atoms with Crippen LogP contribution >= 0.6 is 23.4 Å². The SMILES string of the molecule is CN(C(=O)CSc1nncn1-c1cccc(Cl)c1)C(C(N)=O)c1cccc(F)c1. The van der Waals surface area contributed by atoms with Gasteiger partial charge in [0.05, 0.1) is 11.4 Å². The Bertz CT molecular complexity index is 1040. The van der Waals surface area contributed by atoms with E-state index in [4.69, 9.17) is 17.3 Å². The smallest absolute Gasteiger partial charge is 0.244 e. The second-order valence-electron chi connectivity index (χ2n) is 6.12. The molecule has 10 heteroatoms. The molecule has 1 atom stereocenters. The average Bonchev–Trinajstić information content (AvgIpc) is 3.14. The monoisotopic (exact) mass is 433 g/mol. The van der Waals surface area contributed by atoms with E-state index in [1.54, 1.807) is 28.8 Å². The highest BCUT2D eigenvalue weighted by Crippen LogP contribution is 2.24. The van der Waals surface area contributed by atoms with E-state index >= 15 is 0 Å². The average molecular weight is 434 g/mol. The van der Waals surface area contributed by atoms with Crippen LogP contribution in [-0.4, -0.2) is 44.3 Å². The fourth-order valence-electron chi connectivity index (χ4n) is 2.75. The maximum atomic E-state index is 13.5. The number of thioether (sulfide) groups is 1. The zero-order valence-electron chi connectivity index (χ0n) is 15.3. The van der Waals surface area contributed by atoms with Crippen LogP contribution in [0, 0.1) is 5.82 Å². The molecule has 0 saturated heterocycles. The molecule has 3 rings (SSSR count). The third-order valence-corrected chi connectivity index (χ3v) is 5.31. The van der Waals surface area contributed by atoms with Crippen molar-refractivity contribution in [3.63, 3.8) is 0 Å². The minimum atomic E-state index is -1.08. The van der Waals surface area contributed by atoms with E-state index in [1.807, 2.05) is 6.07 Å². The number of carbonyl (C=O) groups excluding carboxylic acids is 2. The molecule has 1 aromatic heterocycles. The van der Waals surface area contributed by atoms with Gasteiger partial charge in [0.25, 0.3) is 0 Å². The second kappa shape index (κ2) is 9.06. The molecular weight excluding hydrogens is 417 g/mol. The van der Waals surface area contributed by atoms with Crippen molar-refractivity contribution in [3.8, 4) is 5.69 Å². The van der Waals surface area contributed by atoms with Crippen molar-refractivity contribution in [1.29, 1.82) is 0 Å². The van der Waals surface area contributed by atoms with Gasteiger partial charge in [0, 0.05) is 12.1 Å². The van der Waals surface area contributed by atoms with Crippen molar-refractivity contribution in [2.24, 2.45) is 5.73 Å². The first-order valence-electron chi connectivity index (χ1n) is 8.46. The van der Waals surface area contributed by atoms with Crippen LogP contribution in [0.3, 0.4) is 0 Å². The van der Waals surface area contributed by atoms with Gasteiger partial charge in [-0.25, -0.2) is 4.39 Å². The molecule has 0 aliphatic rings. The van der Waals surface area contributed by atoms with Gasteiger partial charge in [-0.15, -0.1) is 10.2 Å². The highest BCUT2D eigenvalue weighted by molar-refractivity contribution is 7.99. The van der Waals surface area contributed by atoms with Crippen LogP contribution in [0.25, 0.3) is 5.69 Å². The third kappa shape index (κ3) is 4.93. The number of primary amides is 1. The lowest BCUT2D eigenvalue weighted by atomic mass is 10.0. The number of amides is 2. The Labute approximate surface area is 175 Å². The van der Waals surface area contributed by atoms with E-state index in [-0.39, 0.29) is 11.7 Å². The zero-order chi connectivity index (χ0) is 21.0. The Morgan fingerprint density at radius 3 is 2.72 bits per heavy atom. The molecule has 0 bridgehead atoms. The van der Waals surface area contributed by atoms with Gasteiger partial charge in [-0.2, -0.15) is 0 Å². The Balaban J connectivity index is 1.74. The van der Waals surface area contributed by atoms with E-state index in [0.717, 1.165) is 17.4 Å². The predicted molar refractivity (Wildman–Crippen MR) is 108 cm³/mol. The summed E-state index contributed by atoms with van der Waals surface area (Å²) in [5.74, 6) is -1.66. The number of aromatic nitrogens is 3. The molecule has 0 spiro atoms. The van der Waals surface area contributed by atoms with Crippen molar-refractivity contribution >= 4 is 35.2 Å². The van der Waals surface area contributed by atoms with Gasteiger partial charge in [0.2, 0.25) is 11.8 Å². The van der Waals surface area contributed by atoms with Crippen LogP contribution in [0.4, 0.5) is 4.39 Å². The number of benzene rings is 2. The fraction of sp³-hybridized carbons (Fsp3) is 0.158. The van der Waals surface area contributed by atoms with Gasteiger partial charge in [-0.1, -0.05) is 41.6 Å². The lowest BCUT2D eigenvalue weighted by Crippen LogP contribution is -2.40. The first kappa shape index (κ1) is 20.8. The number of rotatable bonds is 7. The van der Waals surface area contributed by atoms with E-state index in [0.29, 0.717) is 15.7 Å². The van der Waals surface area contributed by atoms with Crippen LogP contribution in [-0.2, 0) is 9.59 Å². The second-order valence-corrected chi connectivity index (χ2v) is 7.50. The molecule has 1 heterocycles. The number of halogens is 2. The molecule has 0 aliphatic heterocycles. The summed E-state index contributed by atoms with van der Waals surface area (Å²) in [6.45, 7) is 0. The third-order valence-electron chi connectivity index (χ3n) is 4.14. The largest absolute Gasteiger partial charge is 0.368 e. The highest BCUT2D eigenvalue weighted by Gasteiger charge is 2.27. The molecule has 0 radical (unpaired) electrons. The van der Waals surface area contributed by atoms with Gasteiger partial charge in [-0.3, -0.25) is 14.2 Å². The molecular formula is C19H17ClFN5O2S. The number of hydrogen-bond donors (Lipinski definition) is 1. The number of carbonyl (C=O) groups is 2. The topological polar surface area (TPSA) is 94.1 Å². The molecule has 2 N–H and O–H groups in total. The lowest BCUT2D eigenvalue weighted by Gasteiger charge is -2.26. The summed E-state index contributed by atoms with van der Waals surface area (Å²) in [6.07, 6.45) is 1.52. The van der Waals surface area contributed by atoms with E-state index in [1.165, 1.54) is 36.5 Å². The van der Waals surface area contributed by atoms with Crippen LogP contribution in [0.1, 0.15) is 11.6 Å². The number of nitrogens with zero attached hydrogens (tertiary/aromatic N) is 4. The molecule has 0 aliphatic carbocycles. The molecule has 0 saturated carbocycles. The number of nitrogens with two attached hydrogens (primary N) is 1. The zero-order valence-corrected chi connectivity index (χ0v) is 16.9. The molecule has 1 unspecified atom stereocenters. The van der Waals surface area contributed by atoms with Crippen molar-refractivity contribution in [3.05, 3.63) is 71.3 Å². The molecule has 29 heavy (non-hydrogen) atoms. The van der Waals surface area contributed by atoms with Gasteiger partial charge in [-0.05, 0) is 35.9 Å². The van der Waals surface area contributed by atoms with Crippen LogP contribution in [0.15, 0.2) is 60.0 Å². The maximum absolute atomic E-state index is 13.5. The predicted octanol–water partition coefficient (Wildman–Crippen LogP) is 2.84. The minimum Gasteiger partial charge on any atom is -0.368 e. The molecule has 7 nitrogen and oxygen atoms in total. The summed E-state index contributed by atoms with van der Waals surface area (Å²) in [7, 11) is 1.45. The van der Waals surface area contributed by atoms with Crippen LogP contribution in [0.2, 0.25) is 5.02 Å². The summed E-state index contributed by atoms with van der Waals surface area (Å²) in [5.41, 5.74) is 6.52. The van der Waals surface area contributed by atoms with E-state index in [9.17, 15) is 14.0 Å². The molecule has 3 aromatic rings. The Morgan fingerprint density at radius 2 is 2.03 bits per heavy atom. The first-order chi connectivity index (χ1) is 13.9. The highest BCUT2D eigenvalue weighted by atomic mass is 35.5. The van der Waals surface area contributed by atoms with Crippen molar-refractivity contribution < 1.29 is 14.0 Å². The normalized spacial score (nSPS) is 11.8. The Kier molecular flexibility index (Phi) is 6.50. The summed E-state index contributed by atoms with van der Waals surface area (Å²) >= 11 is 7.17. The quantitative estimate of drug-likeness (QED) is 0.578. The standard InChI is InChI=1S/C19H17ClFN5O2S/c1-25(17(18(22)28)12-4-2-6-14(21)8-12)16(27)10-29-19-24-23-11-26(19)15-7-3-5-13(20)9-15/h2-9,11,17H,10H2,1H3,(H2,22,28). The molecule has 2 amide bonds. The van der Waals surface area contributed by atoms with Gasteiger partial charge in [0.15, 0.2) is 5.16 Å². The van der Waals surface area contributed by atoms with E-state index < -0.39 is 17.8 Å². The number of hydrogen-bond acceptors (Lipinski definition) is 5. The summed E-state index contributed by atoms with van der Waals surface area (Å²) in [5, 5.41) is 8.94. The van der Waals surface area contributed by atoms with Crippen LogP contribution in [0.5, 0.6) is 0 Å². The van der Waals surface area contributed by atoms with Gasteiger partial charge < -0.3 is 10.6 Å². The lowest BCUT2D eigenvalue weighted by molar-refractivity contribution is -0.136. The van der Waals surface area contributed by atoms with Crippen LogP contribution < -0.4 is 5.73 Å².